The smallest absolute Gasteiger partial charge is 0.265 e. The first kappa shape index (κ1) is 38.0. The Morgan fingerprint density at radius 2 is 1.50 bits per heavy atom. The summed E-state index contributed by atoms with van der Waals surface area (Å²) < 4.78 is 61.3. The highest BCUT2D eigenvalue weighted by Gasteiger charge is 2.36. The molecule has 2 amide bonds. The van der Waals surface area contributed by atoms with Gasteiger partial charge in [-0.15, -0.1) is 0 Å². The van der Waals surface area contributed by atoms with Crippen LogP contribution in [0.3, 0.4) is 0 Å². The molecule has 0 aliphatic carbocycles. The van der Waals surface area contributed by atoms with Crippen molar-refractivity contribution in [2.24, 2.45) is 0 Å². The minimum absolute atomic E-state index is 0.0300. The van der Waals surface area contributed by atoms with Gasteiger partial charge in [-0.2, -0.15) is 0 Å². The van der Waals surface area contributed by atoms with Gasteiger partial charge >= 0.3 is 0 Å². The molecule has 2 atom stereocenters. The summed E-state index contributed by atoms with van der Waals surface area (Å²) in [6.07, 6.45) is 0.698. The molecule has 0 bridgehead atoms. The molecule has 1 N–H and O–H groups in total. The topological polar surface area (TPSA) is 114 Å². The number of nitrogens with one attached hydrogen (secondary N) is 1. The largest absolute Gasteiger partial charge is 0.495 e. The zero-order chi connectivity index (χ0) is 36.4. The molecule has 0 radical (unpaired) electrons. The number of benzene rings is 4. The average Bonchev–Trinajstić information content (AvgIpc) is 3.12. The summed E-state index contributed by atoms with van der Waals surface area (Å²) in [4.78, 5) is 29.7. The van der Waals surface area contributed by atoms with Gasteiger partial charge in [0.1, 0.15) is 24.2 Å². The van der Waals surface area contributed by atoms with E-state index in [-0.39, 0.29) is 51.7 Å². The molecule has 10 nitrogen and oxygen atoms in total. The third kappa shape index (κ3) is 9.05. The van der Waals surface area contributed by atoms with Crippen LogP contribution in [0.4, 0.5) is 10.1 Å². The molecule has 266 valence electrons. The van der Waals surface area contributed by atoms with Gasteiger partial charge in [0, 0.05) is 35.7 Å². The number of hydrogen-bond acceptors (Lipinski definition) is 7. The molecule has 0 spiro atoms. The van der Waals surface area contributed by atoms with Gasteiger partial charge in [0.15, 0.2) is 11.5 Å². The highest BCUT2D eigenvalue weighted by Crippen LogP contribution is 2.37. The van der Waals surface area contributed by atoms with Gasteiger partial charge < -0.3 is 24.4 Å². The summed E-state index contributed by atoms with van der Waals surface area (Å²) in [5.41, 5.74) is 0.858. The van der Waals surface area contributed by atoms with Crippen molar-refractivity contribution in [2.75, 3.05) is 32.2 Å². The van der Waals surface area contributed by atoms with Gasteiger partial charge in [-0.1, -0.05) is 67.1 Å². The molecule has 4 rings (SSSR count). The summed E-state index contributed by atoms with van der Waals surface area (Å²) in [7, 11) is -0.418. The maximum Gasteiger partial charge on any atom is 0.265 e. The van der Waals surface area contributed by atoms with Crippen LogP contribution in [0.25, 0.3) is 0 Å². The first-order valence-electron chi connectivity index (χ1n) is 15.9. The fourth-order valence-corrected chi connectivity index (χ4v) is 6.88. The number of hydrogen-bond donors (Lipinski definition) is 1. The van der Waals surface area contributed by atoms with E-state index in [9.17, 15) is 18.0 Å². The van der Waals surface area contributed by atoms with Crippen LogP contribution in [0.1, 0.15) is 31.4 Å². The van der Waals surface area contributed by atoms with Crippen LogP contribution in [-0.2, 0) is 32.6 Å². The van der Waals surface area contributed by atoms with Crippen LogP contribution < -0.4 is 23.8 Å². The molecule has 13 heteroatoms. The molecule has 0 saturated carbocycles. The summed E-state index contributed by atoms with van der Waals surface area (Å²) in [5.74, 6) is -1.29. The number of anilines is 1. The molecule has 4 aromatic rings. The number of ether oxygens (including phenoxy) is 3. The third-order valence-corrected chi connectivity index (χ3v) is 10.2. The highest BCUT2D eigenvalue weighted by molar-refractivity contribution is 7.92. The molecule has 0 aromatic heterocycles. The van der Waals surface area contributed by atoms with E-state index in [0.717, 1.165) is 9.87 Å². The molecular weight excluding hydrogens is 685 g/mol. The molecule has 0 aliphatic rings. The standard InChI is InChI=1S/C37H41ClFN3O7S/c1-6-25(2)40-37(44)32(20-26-12-8-7-9-13-26)41(23-27-14-10-11-15-30(27)39)36(43)24-42(31-21-28(38)16-18-33(31)47-3)50(45,46)29-17-19-34(48-4)35(22-29)49-5/h7-19,21-22,25,32H,6,20,23-24H2,1-5H3,(H,40,44)/t25-,32-/m1/s1. The third-order valence-electron chi connectivity index (χ3n) is 8.20. The normalized spacial score (nSPS) is 12.4. The van der Waals surface area contributed by atoms with Gasteiger partial charge in [-0.25, -0.2) is 12.8 Å². The molecule has 0 aliphatic heterocycles. The number of sulfonamides is 1. The number of halogens is 2. The van der Waals surface area contributed by atoms with Crippen LogP contribution in [0.5, 0.6) is 17.2 Å². The van der Waals surface area contributed by atoms with E-state index >= 15 is 4.39 Å². The Bertz CT molecular complexity index is 1900. The quantitative estimate of drug-likeness (QED) is 0.145. The minimum atomic E-state index is -4.56. The molecule has 0 unspecified atom stereocenters. The number of carbonyl (C=O) groups is 2. The predicted octanol–water partition coefficient (Wildman–Crippen LogP) is 6.26. The number of carbonyl (C=O) groups excluding carboxylic acids is 2. The Kier molecular flexibility index (Phi) is 13.1. The first-order chi connectivity index (χ1) is 23.9. The second-order valence-corrected chi connectivity index (χ2v) is 13.8. The Balaban J connectivity index is 1.89. The van der Waals surface area contributed by atoms with E-state index < -0.39 is 40.2 Å². The van der Waals surface area contributed by atoms with Gasteiger partial charge in [0.25, 0.3) is 10.0 Å². The molecule has 0 heterocycles. The van der Waals surface area contributed by atoms with Crippen LogP contribution in [-0.4, -0.2) is 65.1 Å². The lowest BCUT2D eigenvalue weighted by atomic mass is 10.0. The lowest BCUT2D eigenvalue weighted by Crippen LogP contribution is -2.54. The van der Waals surface area contributed by atoms with Gasteiger partial charge in [0.2, 0.25) is 11.8 Å². The second-order valence-electron chi connectivity index (χ2n) is 11.5. The van der Waals surface area contributed by atoms with Crippen LogP contribution >= 0.6 is 11.6 Å². The zero-order valence-corrected chi connectivity index (χ0v) is 30.1. The molecule has 0 fully saturated rings. The number of rotatable bonds is 16. The van der Waals surface area contributed by atoms with Crippen LogP contribution in [0.2, 0.25) is 5.02 Å². The van der Waals surface area contributed by atoms with Crippen molar-refractivity contribution in [3.63, 3.8) is 0 Å². The lowest BCUT2D eigenvalue weighted by molar-refractivity contribution is -0.140. The fraction of sp³-hybridized carbons (Fsp3) is 0.297. The monoisotopic (exact) mass is 725 g/mol. The molecule has 4 aromatic carbocycles. The van der Waals surface area contributed by atoms with Crippen LogP contribution in [0, 0.1) is 5.82 Å². The van der Waals surface area contributed by atoms with Crippen molar-refractivity contribution < 1.29 is 36.6 Å². The van der Waals surface area contributed by atoms with Crippen molar-refractivity contribution in [3.8, 4) is 17.2 Å². The van der Waals surface area contributed by atoms with Crippen molar-refractivity contribution in [2.45, 2.75) is 50.2 Å². The first-order valence-corrected chi connectivity index (χ1v) is 17.7. The fourth-order valence-electron chi connectivity index (χ4n) is 5.28. The molecule has 50 heavy (non-hydrogen) atoms. The molecule has 0 saturated heterocycles. The second kappa shape index (κ2) is 17.2. The zero-order valence-electron chi connectivity index (χ0n) is 28.6. The maximum atomic E-state index is 15.2. The Morgan fingerprint density at radius 1 is 0.860 bits per heavy atom. The SMILES string of the molecule is CC[C@@H](C)NC(=O)[C@@H](Cc1ccccc1)N(Cc1ccccc1F)C(=O)CN(c1cc(Cl)ccc1OC)S(=O)(=O)c1ccc(OC)c(OC)c1. The summed E-state index contributed by atoms with van der Waals surface area (Å²) in [5, 5.41) is 3.13. The van der Waals surface area contributed by atoms with E-state index in [4.69, 9.17) is 25.8 Å². The summed E-state index contributed by atoms with van der Waals surface area (Å²) in [6, 6.07) is 22.0. The Morgan fingerprint density at radius 3 is 2.14 bits per heavy atom. The average molecular weight is 726 g/mol. The van der Waals surface area contributed by atoms with Crippen molar-refractivity contribution in [1.82, 2.24) is 10.2 Å². The van der Waals surface area contributed by atoms with Crippen molar-refractivity contribution in [1.29, 1.82) is 0 Å². The maximum absolute atomic E-state index is 15.2. The lowest BCUT2D eigenvalue weighted by Gasteiger charge is -2.34. The van der Waals surface area contributed by atoms with E-state index in [1.165, 1.54) is 80.8 Å². The van der Waals surface area contributed by atoms with Gasteiger partial charge in [-0.3, -0.25) is 13.9 Å². The van der Waals surface area contributed by atoms with Crippen molar-refractivity contribution >= 4 is 39.1 Å². The van der Waals surface area contributed by atoms with E-state index in [2.05, 4.69) is 5.32 Å². The Labute approximate surface area is 297 Å². The van der Waals surface area contributed by atoms with E-state index in [1.54, 1.807) is 6.07 Å². The number of amides is 2. The molecular formula is C37H41ClFN3O7S. The number of nitrogens with zero attached hydrogens (tertiary/aromatic N) is 2. The van der Waals surface area contributed by atoms with Crippen molar-refractivity contribution in [3.05, 3.63) is 113 Å². The van der Waals surface area contributed by atoms with Crippen LogP contribution in [0.15, 0.2) is 95.9 Å². The van der Waals surface area contributed by atoms with E-state index in [0.29, 0.717) is 12.2 Å². The van der Waals surface area contributed by atoms with E-state index in [1.807, 2.05) is 44.2 Å². The minimum Gasteiger partial charge on any atom is -0.495 e. The predicted molar refractivity (Wildman–Crippen MR) is 191 cm³/mol. The summed E-state index contributed by atoms with van der Waals surface area (Å²) >= 11 is 6.37. The Hall–Kier alpha value is -4.81. The van der Waals surface area contributed by atoms with Gasteiger partial charge in [-0.05, 0) is 55.3 Å². The summed E-state index contributed by atoms with van der Waals surface area (Å²) in [6.45, 7) is 2.62. The number of methoxy groups -OCH3 is 3. The highest BCUT2D eigenvalue weighted by atomic mass is 35.5. The van der Waals surface area contributed by atoms with Gasteiger partial charge in [0.05, 0.1) is 31.9 Å².